The Bertz CT molecular complexity index is 424. The second-order valence-corrected chi connectivity index (χ2v) is 4.09. The predicted octanol–water partition coefficient (Wildman–Crippen LogP) is 1.00. The van der Waals surface area contributed by atoms with Crippen LogP contribution in [0.25, 0.3) is 0 Å². The highest BCUT2D eigenvalue weighted by atomic mass is 35.5. The molecule has 18 heavy (non-hydrogen) atoms. The number of carbonyl (C=O) groups excluding carboxylic acids is 2. The van der Waals surface area contributed by atoms with Crippen molar-refractivity contribution in [3.8, 4) is 0 Å². The zero-order chi connectivity index (χ0) is 13.4. The zero-order valence-corrected chi connectivity index (χ0v) is 10.9. The first kappa shape index (κ1) is 14.5. The Morgan fingerprint density at radius 3 is 2.72 bits per heavy atom. The summed E-state index contributed by atoms with van der Waals surface area (Å²) >= 11 is 5.79. The van der Waals surface area contributed by atoms with Crippen molar-refractivity contribution >= 4 is 29.1 Å². The van der Waals surface area contributed by atoms with Gasteiger partial charge in [-0.05, 0) is 18.2 Å². The Morgan fingerprint density at radius 2 is 2.06 bits per heavy atom. The molecule has 1 aromatic carbocycles. The Morgan fingerprint density at radius 1 is 1.28 bits per heavy atom. The Hall–Kier alpha value is -1.59. The van der Waals surface area contributed by atoms with Crippen molar-refractivity contribution in [1.29, 1.82) is 0 Å². The summed E-state index contributed by atoms with van der Waals surface area (Å²) in [4.78, 5) is 22.4. The third-order valence-electron chi connectivity index (χ3n) is 2.20. The molecule has 0 atom stereocenters. The molecule has 6 heteroatoms. The van der Waals surface area contributed by atoms with E-state index in [1.54, 1.807) is 31.3 Å². The second-order valence-electron chi connectivity index (χ2n) is 3.66. The van der Waals surface area contributed by atoms with Gasteiger partial charge in [0, 0.05) is 30.7 Å². The molecule has 0 heterocycles. The predicted molar refractivity (Wildman–Crippen MR) is 71.6 cm³/mol. The third-order valence-corrected chi connectivity index (χ3v) is 2.44. The summed E-state index contributed by atoms with van der Waals surface area (Å²) < 4.78 is 0. The molecule has 1 rings (SSSR count). The lowest BCUT2D eigenvalue weighted by atomic mass is 10.3. The summed E-state index contributed by atoms with van der Waals surface area (Å²) in [5.41, 5.74) is 0.653. The summed E-state index contributed by atoms with van der Waals surface area (Å²) in [5.74, 6) is -0.230. The molecule has 0 saturated carbocycles. The minimum Gasteiger partial charge on any atom is -0.359 e. The summed E-state index contributed by atoms with van der Waals surface area (Å²) in [6, 6.07) is 6.92. The molecule has 0 aliphatic rings. The summed E-state index contributed by atoms with van der Waals surface area (Å²) in [6.45, 7) is 0.617. The number of hydrogen-bond acceptors (Lipinski definition) is 3. The van der Waals surface area contributed by atoms with Gasteiger partial charge in [0.2, 0.25) is 11.8 Å². The Labute approximate surface area is 111 Å². The van der Waals surface area contributed by atoms with Crippen LogP contribution < -0.4 is 16.0 Å². The van der Waals surface area contributed by atoms with Gasteiger partial charge in [0.25, 0.3) is 0 Å². The van der Waals surface area contributed by atoms with Gasteiger partial charge in [0.05, 0.1) is 6.54 Å². The van der Waals surface area contributed by atoms with E-state index in [0.29, 0.717) is 23.7 Å². The van der Waals surface area contributed by atoms with Crippen LogP contribution in [-0.2, 0) is 9.59 Å². The largest absolute Gasteiger partial charge is 0.359 e. The van der Waals surface area contributed by atoms with E-state index in [1.807, 2.05) is 0 Å². The molecule has 2 amide bonds. The Kier molecular flexibility index (Phi) is 6.18. The molecular formula is C12H16ClN3O2. The molecule has 0 bridgehead atoms. The van der Waals surface area contributed by atoms with Crippen molar-refractivity contribution in [1.82, 2.24) is 10.6 Å². The van der Waals surface area contributed by atoms with Crippen molar-refractivity contribution < 1.29 is 9.59 Å². The van der Waals surface area contributed by atoms with Gasteiger partial charge in [0.15, 0.2) is 0 Å². The molecule has 0 aromatic heterocycles. The van der Waals surface area contributed by atoms with E-state index in [4.69, 9.17) is 11.6 Å². The highest BCUT2D eigenvalue weighted by molar-refractivity contribution is 6.30. The summed E-state index contributed by atoms with van der Waals surface area (Å²) in [5, 5.41) is 8.65. The molecule has 0 radical (unpaired) electrons. The average Bonchev–Trinajstić information content (AvgIpc) is 2.34. The van der Waals surface area contributed by atoms with E-state index in [9.17, 15) is 9.59 Å². The van der Waals surface area contributed by atoms with Crippen LogP contribution in [-0.4, -0.2) is 32.0 Å². The molecule has 3 N–H and O–H groups in total. The molecule has 0 aliphatic carbocycles. The topological polar surface area (TPSA) is 70.2 Å². The van der Waals surface area contributed by atoms with Gasteiger partial charge >= 0.3 is 0 Å². The molecule has 0 fully saturated rings. The smallest absolute Gasteiger partial charge is 0.238 e. The van der Waals surface area contributed by atoms with Gasteiger partial charge in [-0.25, -0.2) is 0 Å². The molecule has 1 aromatic rings. The van der Waals surface area contributed by atoms with Crippen molar-refractivity contribution in [2.45, 2.75) is 6.42 Å². The number of carbonyl (C=O) groups is 2. The van der Waals surface area contributed by atoms with E-state index in [-0.39, 0.29) is 18.4 Å². The zero-order valence-electron chi connectivity index (χ0n) is 10.1. The van der Waals surface area contributed by atoms with Crippen LogP contribution in [0.4, 0.5) is 5.69 Å². The number of rotatable bonds is 6. The number of amides is 2. The first-order valence-corrected chi connectivity index (χ1v) is 5.96. The van der Waals surface area contributed by atoms with Crippen LogP contribution in [0.3, 0.4) is 0 Å². The maximum absolute atomic E-state index is 11.5. The van der Waals surface area contributed by atoms with E-state index in [1.165, 1.54) is 0 Å². The fraction of sp³-hybridized carbons (Fsp3) is 0.333. The molecule has 0 spiro atoms. The van der Waals surface area contributed by atoms with Crippen LogP contribution in [0.2, 0.25) is 5.02 Å². The Balaban J connectivity index is 2.24. The van der Waals surface area contributed by atoms with Crippen molar-refractivity contribution in [2.24, 2.45) is 0 Å². The molecular weight excluding hydrogens is 254 g/mol. The quantitative estimate of drug-likeness (QED) is 0.675. The van der Waals surface area contributed by atoms with Crippen LogP contribution in [0.15, 0.2) is 24.3 Å². The number of anilines is 1. The highest BCUT2D eigenvalue weighted by Crippen LogP contribution is 2.14. The number of nitrogens with one attached hydrogen (secondary N) is 3. The average molecular weight is 270 g/mol. The van der Waals surface area contributed by atoms with Gasteiger partial charge in [-0.2, -0.15) is 0 Å². The van der Waals surface area contributed by atoms with Gasteiger partial charge in [-0.15, -0.1) is 0 Å². The molecule has 98 valence electrons. The second kappa shape index (κ2) is 7.68. The van der Waals surface area contributed by atoms with Gasteiger partial charge < -0.3 is 16.0 Å². The van der Waals surface area contributed by atoms with Crippen LogP contribution in [0, 0.1) is 0 Å². The fourth-order valence-corrected chi connectivity index (χ4v) is 1.49. The lowest BCUT2D eigenvalue weighted by Crippen LogP contribution is -2.31. The van der Waals surface area contributed by atoms with Crippen molar-refractivity contribution in [3.05, 3.63) is 29.3 Å². The summed E-state index contributed by atoms with van der Waals surface area (Å²) in [6.07, 6.45) is 0.348. The third kappa shape index (κ3) is 5.65. The van der Waals surface area contributed by atoms with Gasteiger partial charge in [-0.1, -0.05) is 17.7 Å². The normalized spacial score (nSPS) is 9.89. The molecule has 5 nitrogen and oxygen atoms in total. The highest BCUT2D eigenvalue weighted by Gasteiger charge is 2.03. The van der Waals surface area contributed by atoms with Gasteiger partial charge in [0.1, 0.15) is 0 Å². The molecule has 0 saturated heterocycles. The minimum absolute atomic E-state index is 0.0576. The maximum atomic E-state index is 11.5. The number of halogens is 1. The SMILES string of the molecule is CNC(=O)CCNCC(=O)Nc1cccc(Cl)c1. The summed E-state index contributed by atoms with van der Waals surface area (Å²) in [7, 11) is 1.58. The van der Waals surface area contributed by atoms with Crippen molar-refractivity contribution in [2.75, 3.05) is 25.5 Å². The fourth-order valence-electron chi connectivity index (χ4n) is 1.30. The van der Waals surface area contributed by atoms with E-state index < -0.39 is 0 Å². The standard InChI is InChI=1S/C12H16ClN3O2/c1-14-11(17)5-6-15-8-12(18)16-10-4-2-3-9(13)7-10/h2-4,7,15H,5-6,8H2,1H3,(H,14,17)(H,16,18). The van der Waals surface area contributed by atoms with E-state index in [2.05, 4.69) is 16.0 Å². The van der Waals surface area contributed by atoms with Crippen molar-refractivity contribution in [3.63, 3.8) is 0 Å². The van der Waals surface area contributed by atoms with E-state index >= 15 is 0 Å². The first-order chi connectivity index (χ1) is 8.61. The number of benzene rings is 1. The molecule has 0 aliphatic heterocycles. The molecule has 0 unspecified atom stereocenters. The monoisotopic (exact) mass is 269 g/mol. The van der Waals surface area contributed by atoms with Crippen LogP contribution in [0.5, 0.6) is 0 Å². The van der Waals surface area contributed by atoms with Gasteiger partial charge in [-0.3, -0.25) is 9.59 Å². The number of hydrogen-bond donors (Lipinski definition) is 3. The first-order valence-electron chi connectivity index (χ1n) is 5.58. The lowest BCUT2D eigenvalue weighted by molar-refractivity contribution is -0.121. The van der Waals surface area contributed by atoms with Crippen LogP contribution in [0.1, 0.15) is 6.42 Å². The maximum Gasteiger partial charge on any atom is 0.238 e. The minimum atomic E-state index is -0.172. The lowest BCUT2D eigenvalue weighted by Gasteiger charge is -2.06. The van der Waals surface area contributed by atoms with Crippen LogP contribution >= 0.6 is 11.6 Å². The van der Waals surface area contributed by atoms with E-state index in [0.717, 1.165) is 0 Å².